The Bertz CT molecular complexity index is 229. The van der Waals surface area contributed by atoms with Gasteiger partial charge in [0.25, 0.3) is 0 Å². The molecule has 0 bridgehead atoms. The molecule has 3 rings (SSSR count). The van der Waals surface area contributed by atoms with E-state index in [0.29, 0.717) is 0 Å². The monoisotopic (exact) mass is 237 g/mol. The average molecular weight is 237 g/mol. The van der Waals surface area contributed by atoms with E-state index in [9.17, 15) is 0 Å². The average Bonchev–Trinajstić information content (AvgIpc) is 3.25. The van der Waals surface area contributed by atoms with Gasteiger partial charge in [0.15, 0.2) is 0 Å². The minimum absolute atomic E-state index is 0.789. The molecule has 1 atom stereocenters. The zero-order chi connectivity index (χ0) is 11.5. The molecule has 3 saturated carbocycles. The van der Waals surface area contributed by atoms with E-state index in [2.05, 4.69) is 5.32 Å². The molecule has 2 nitrogen and oxygen atoms in total. The molecule has 3 aliphatic carbocycles. The summed E-state index contributed by atoms with van der Waals surface area (Å²) in [6, 6.07) is 0.849. The Balaban J connectivity index is 1.39. The van der Waals surface area contributed by atoms with Gasteiger partial charge in [-0.05, 0) is 43.4 Å². The number of hydrogen-bond acceptors (Lipinski definition) is 2. The highest BCUT2D eigenvalue weighted by atomic mass is 16.5. The van der Waals surface area contributed by atoms with Gasteiger partial charge in [-0.25, -0.2) is 0 Å². The topological polar surface area (TPSA) is 21.3 Å². The highest BCUT2D eigenvalue weighted by molar-refractivity contribution is 4.84. The molecule has 0 saturated heterocycles. The van der Waals surface area contributed by atoms with Crippen LogP contribution in [0.3, 0.4) is 0 Å². The van der Waals surface area contributed by atoms with Gasteiger partial charge in [0.2, 0.25) is 0 Å². The van der Waals surface area contributed by atoms with Crippen molar-refractivity contribution in [2.45, 2.75) is 57.4 Å². The summed E-state index contributed by atoms with van der Waals surface area (Å²) in [5.74, 6) is 2.65. The molecule has 0 aromatic rings. The summed E-state index contributed by atoms with van der Waals surface area (Å²) in [5, 5.41) is 3.71. The van der Waals surface area contributed by atoms with Gasteiger partial charge in [0.1, 0.15) is 0 Å². The predicted molar refractivity (Wildman–Crippen MR) is 70.0 cm³/mol. The molecule has 0 aromatic heterocycles. The fourth-order valence-electron chi connectivity index (χ4n) is 3.07. The Labute approximate surface area is 105 Å². The van der Waals surface area contributed by atoms with Crippen molar-refractivity contribution in [2.24, 2.45) is 17.8 Å². The lowest BCUT2D eigenvalue weighted by Crippen LogP contribution is -2.32. The Morgan fingerprint density at radius 3 is 2.41 bits per heavy atom. The lowest BCUT2D eigenvalue weighted by Gasteiger charge is -2.24. The number of hydrogen-bond donors (Lipinski definition) is 1. The summed E-state index contributed by atoms with van der Waals surface area (Å²) < 4.78 is 5.94. The largest absolute Gasteiger partial charge is 0.381 e. The molecule has 98 valence electrons. The van der Waals surface area contributed by atoms with Gasteiger partial charge in [-0.2, -0.15) is 0 Å². The highest BCUT2D eigenvalue weighted by Crippen LogP contribution is 2.33. The van der Waals surface area contributed by atoms with Gasteiger partial charge >= 0.3 is 0 Å². The van der Waals surface area contributed by atoms with E-state index in [1.165, 1.54) is 57.9 Å². The van der Waals surface area contributed by atoms with Gasteiger partial charge in [-0.15, -0.1) is 0 Å². The molecule has 0 amide bonds. The molecule has 2 heteroatoms. The molecule has 3 aliphatic rings. The second kappa shape index (κ2) is 5.71. The van der Waals surface area contributed by atoms with Crippen molar-refractivity contribution in [1.29, 1.82) is 0 Å². The molecule has 0 aromatic carbocycles. The van der Waals surface area contributed by atoms with Crippen LogP contribution in [0.4, 0.5) is 0 Å². The molecule has 1 N–H and O–H groups in total. The second-order valence-electron chi connectivity index (χ2n) is 6.47. The van der Waals surface area contributed by atoms with Crippen LogP contribution in [0.2, 0.25) is 0 Å². The van der Waals surface area contributed by atoms with E-state index in [1.54, 1.807) is 0 Å². The number of nitrogens with one attached hydrogen (secondary N) is 1. The SMILES string of the molecule is C1CCC(C(CNC2CC2)COCC2CC2)C1. The summed E-state index contributed by atoms with van der Waals surface area (Å²) in [5.41, 5.74) is 0. The Kier molecular flexibility index (Phi) is 4.02. The van der Waals surface area contributed by atoms with Crippen LogP contribution in [-0.4, -0.2) is 25.8 Å². The lowest BCUT2D eigenvalue weighted by atomic mass is 9.91. The normalized spacial score (nSPS) is 27.5. The van der Waals surface area contributed by atoms with Crippen molar-refractivity contribution in [2.75, 3.05) is 19.8 Å². The third-order valence-electron chi connectivity index (χ3n) is 4.69. The van der Waals surface area contributed by atoms with Gasteiger partial charge in [-0.1, -0.05) is 25.7 Å². The third-order valence-corrected chi connectivity index (χ3v) is 4.69. The van der Waals surface area contributed by atoms with Crippen molar-refractivity contribution in [3.63, 3.8) is 0 Å². The van der Waals surface area contributed by atoms with Gasteiger partial charge in [0.05, 0.1) is 6.61 Å². The smallest absolute Gasteiger partial charge is 0.0509 e. The number of rotatable bonds is 8. The first-order valence-electron chi connectivity index (χ1n) is 7.73. The van der Waals surface area contributed by atoms with Crippen molar-refractivity contribution < 1.29 is 4.74 Å². The summed E-state index contributed by atoms with van der Waals surface area (Å²) >= 11 is 0. The summed E-state index contributed by atoms with van der Waals surface area (Å²) in [6.07, 6.45) is 11.4. The van der Waals surface area contributed by atoms with Gasteiger partial charge in [0, 0.05) is 19.2 Å². The second-order valence-corrected chi connectivity index (χ2v) is 6.47. The van der Waals surface area contributed by atoms with Crippen molar-refractivity contribution in [1.82, 2.24) is 5.32 Å². The summed E-state index contributed by atoms with van der Waals surface area (Å²) in [7, 11) is 0. The van der Waals surface area contributed by atoms with Crippen LogP contribution in [0.25, 0.3) is 0 Å². The van der Waals surface area contributed by atoms with Crippen LogP contribution in [-0.2, 0) is 4.74 Å². The summed E-state index contributed by atoms with van der Waals surface area (Å²) in [6.45, 7) is 3.26. The quantitative estimate of drug-likeness (QED) is 0.701. The van der Waals surface area contributed by atoms with E-state index in [4.69, 9.17) is 4.74 Å². The van der Waals surface area contributed by atoms with Crippen LogP contribution in [0.15, 0.2) is 0 Å². The first-order valence-corrected chi connectivity index (χ1v) is 7.73. The molecule has 0 spiro atoms. The molecule has 3 fully saturated rings. The van der Waals surface area contributed by atoms with E-state index < -0.39 is 0 Å². The lowest BCUT2D eigenvalue weighted by molar-refractivity contribution is 0.0702. The van der Waals surface area contributed by atoms with Crippen molar-refractivity contribution in [3.8, 4) is 0 Å². The maximum absolute atomic E-state index is 5.94. The van der Waals surface area contributed by atoms with Crippen LogP contribution in [0, 0.1) is 17.8 Å². The van der Waals surface area contributed by atoms with Gasteiger partial charge < -0.3 is 10.1 Å². The first kappa shape index (κ1) is 12.0. The number of ether oxygens (including phenoxy) is 1. The minimum Gasteiger partial charge on any atom is -0.381 e. The zero-order valence-corrected chi connectivity index (χ0v) is 11.0. The molecular weight excluding hydrogens is 210 g/mol. The van der Waals surface area contributed by atoms with Crippen LogP contribution < -0.4 is 5.32 Å². The maximum Gasteiger partial charge on any atom is 0.0509 e. The minimum atomic E-state index is 0.789. The Morgan fingerprint density at radius 1 is 1.00 bits per heavy atom. The van der Waals surface area contributed by atoms with E-state index in [1.807, 2.05) is 0 Å². The highest BCUT2D eigenvalue weighted by Gasteiger charge is 2.29. The Morgan fingerprint density at radius 2 is 1.76 bits per heavy atom. The van der Waals surface area contributed by atoms with Crippen molar-refractivity contribution >= 4 is 0 Å². The molecule has 0 radical (unpaired) electrons. The van der Waals surface area contributed by atoms with Crippen molar-refractivity contribution in [3.05, 3.63) is 0 Å². The van der Waals surface area contributed by atoms with Gasteiger partial charge in [-0.3, -0.25) is 0 Å². The molecule has 1 unspecified atom stereocenters. The summed E-state index contributed by atoms with van der Waals surface area (Å²) in [4.78, 5) is 0. The predicted octanol–water partition coefficient (Wildman–Crippen LogP) is 2.97. The van der Waals surface area contributed by atoms with E-state index in [0.717, 1.165) is 37.0 Å². The Hall–Kier alpha value is -0.0800. The van der Waals surface area contributed by atoms with E-state index >= 15 is 0 Å². The molecule has 0 heterocycles. The molecular formula is C15H27NO. The van der Waals surface area contributed by atoms with Crippen LogP contribution >= 0.6 is 0 Å². The standard InChI is InChI=1S/C15H27NO/c1-2-4-13(3-1)14(9-16-15-7-8-15)11-17-10-12-5-6-12/h12-16H,1-11H2. The maximum atomic E-state index is 5.94. The fourth-order valence-corrected chi connectivity index (χ4v) is 3.07. The first-order chi connectivity index (χ1) is 8.42. The molecule has 17 heavy (non-hydrogen) atoms. The zero-order valence-electron chi connectivity index (χ0n) is 11.0. The van der Waals surface area contributed by atoms with Crippen LogP contribution in [0.5, 0.6) is 0 Å². The van der Waals surface area contributed by atoms with Crippen LogP contribution in [0.1, 0.15) is 51.4 Å². The molecule has 0 aliphatic heterocycles. The fraction of sp³-hybridized carbons (Fsp3) is 1.00. The van der Waals surface area contributed by atoms with E-state index in [-0.39, 0.29) is 0 Å². The third kappa shape index (κ3) is 3.96.